The molecule has 2 rings (SSSR count). The van der Waals surface area contributed by atoms with Gasteiger partial charge in [0, 0.05) is 15.8 Å². The van der Waals surface area contributed by atoms with Crippen molar-refractivity contribution in [1.29, 1.82) is 0 Å². The molecule has 0 saturated carbocycles. The quantitative estimate of drug-likeness (QED) is 0.805. The number of aryl methyl sites for hydroxylation is 2. The van der Waals surface area contributed by atoms with Crippen LogP contribution in [0.2, 0.25) is 0 Å². The van der Waals surface area contributed by atoms with E-state index in [9.17, 15) is 0 Å². The van der Waals surface area contributed by atoms with Gasteiger partial charge in [-0.05, 0) is 65.2 Å². The van der Waals surface area contributed by atoms with Crippen LogP contribution >= 0.6 is 15.9 Å². The summed E-state index contributed by atoms with van der Waals surface area (Å²) >= 11 is 3.59. The zero-order valence-electron chi connectivity index (χ0n) is 9.92. The zero-order valence-corrected chi connectivity index (χ0v) is 11.5. The molecule has 0 amide bonds. The normalized spacial score (nSPS) is 10.3. The van der Waals surface area contributed by atoms with Gasteiger partial charge in [0.15, 0.2) is 0 Å². The minimum Gasteiger partial charge on any atom is -0.399 e. The summed E-state index contributed by atoms with van der Waals surface area (Å²) in [5.74, 6) is 0. The molecule has 0 aromatic heterocycles. The molecule has 2 nitrogen and oxygen atoms in total. The summed E-state index contributed by atoms with van der Waals surface area (Å²) in [5.41, 5.74) is 11.0. The second kappa shape index (κ2) is 4.80. The van der Waals surface area contributed by atoms with Gasteiger partial charge in [-0.2, -0.15) is 0 Å². The van der Waals surface area contributed by atoms with Crippen molar-refractivity contribution in [3.05, 3.63) is 52.0 Å². The molecule has 0 bridgehead atoms. The summed E-state index contributed by atoms with van der Waals surface area (Å²) in [5, 5.41) is 3.41. The molecule has 3 heteroatoms. The van der Waals surface area contributed by atoms with E-state index in [4.69, 9.17) is 5.73 Å². The van der Waals surface area contributed by atoms with E-state index in [0.29, 0.717) is 0 Å². The lowest BCUT2D eigenvalue weighted by Gasteiger charge is -2.12. The standard InChI is InChI=1S/C14H15BrN2/c1-9-4-3-5-13(14(9)15)17-12-7-6-11(16)8-10(12)2/h3-8,17H,16H2,1-2H3. The maximum absolute atomic E-state index is 5.74. The van der Waals surface area contributed by atoms with Gasteiger partial charge in [-0.25, -0.2) is 0 Å². The largest absolute Gasteiger partial charge is 0.399 e. The first-order valence-corrected chi connectivity index (χ1v) is 6.25. The number of hydrogen-bond donors (Lipinski definition) is 2. The number of halogens is 1. The van der Waals surface area contributed by atoms with E-state index in [-0.39, 0.29) is 0 Å². The second-order valence-corrected chi connectivity index (χ2v) is 4.93. The van der Waals surface area contributed by atoms with Crippen LogP contribution in [-0.2, 0) is 0 Å². The lowest BCUT2D eigenvalue weighted by molar-refractivity contribution is 1.39. The first-order valence-electron chi connectivity index (χ1n) is 5.46. The van der Waals surface area contributed by atoms with Gasteiger partial charge >= 0.3 is 0 Å². The Kier molecular flexibility index (Phi) is 3.38. The van der Waals surface area contributed by atoms with Crippen molar-refractivity contribution in [2.75, 3.05) is 11.1 Å². The van der Waals surface area contributed by atoms with E-state index in [1.807, 2.05) is 37.3 Å². The van der Waals surface area contributed by atoms with Crippen LogP contribution in [0.5, 0.6) is 0 Å². The van der Waals surface area contributed by atoms with Crippen LogP contribution in [0.3, 0.4) is 0 Å². The molecule has 0 aliphatic heterocycles. The number of benzene rings is 2. The summed E-state index contributed by atoms with van der Waals surface area (Å²) in [6.45, 7) is 4.12. The van der Waals surface area contributed by atoms with Crippen LogP contribution in [0.1, 0.15) is 11.1 Å². The molecule has 0 aliphatic carbocycles. The molecule has 0 spiro atoms. The minimum atomic E-state index is 0.788. The third-order valence-electron chi connectivity index (χ3n) is 2.71. The molecule has 0 radical (unpaired) electrons. The monoisotopic (exact) mass is 290 g/mol. The first-order chi connectivity index (χ1) is 8.08. The van der Waals surface area contributed by atoms with Gasteiger partial charge < -0.3 is 11.1 Å². The number of nitrogen functional groups attached to an aromatic ring is 1. The summed E-state index contributed by atoms with van der Waals surface area (Å²) in [4.78, 5) is 0. The number of nitrogens with two attached hydrogens (primary N) is 1. The number of rotatable bonds is 2. The Bertz CT molecular complexity index is 550. The molecule has 0 aliphatic rings. The highest BCUT2D eigenvalue weighted by Gasteiger charge is 2.04. The van der Waals surface area contributed by atoms with Crippen LogP contribution in [0, 0.1) is 13.8 Å². The number of anilines is 3. The van der Waals surface area contributed by atoms with Gasteiger partial charge in [0.05, 0.1) is 5.69 Å². The van der Waals surface area contributed by atoms with Crippen molar-refractivity contribution in [2.24, 2.45) is 0 Å². The molecule has 0 atom stereocenters. The average molecular weight is 291 g/mol. The summed E-state index contributed by atoms with van der Waals surface area (Å²) in [6, 6.07) is 12.0. The fourth-order valence-electron chi connectivity index (χ4n) is 1.72. The van der Waals surface area contributed by atoms with Crippen molar-refractivity contribution < 1.29 is 0 Å². The van der Waals surface area contributed by atoms with E-state index in [1.165, 1.54) is 5.56 Å². The lowest BCUT2D eigenvalue weighted by Crippen LogP contribution is -1.96. The average Bonchev–Trinajstić information content (AvgIpc) is 2.28. The molecule has 3 N–H and O–H groups in total. The minimum absolute atomic E-state index is 0.788. The molecule has 0 saturated heterocycles. The van der Waals surface area contributed by atoms with Crippen molar-refractivity contribution in [3.8, 4) is 0 Å². The first kappa shape index (κ1) is 12.0. The molecule has 0 unspecified atom stereocenters. The van der Waals surface area contributed by atoms with Gasteiger partial charge in [-0.15, -0.1) is 0 Å². The van der Waals surface area contributed by atoms with Crippen LogP contribution in [0.15, 0.2) is 40.9 Å². The van der Waals surface area contributed by atoms with Gasteiger partial charge in [-0.1, -0.05) is 12.1 Å². The molecule has 17 heavy (non-hydrogen) atoms. The zero-order chi connectivity index (χ0) is 12.4. The fourth-order valence-corrected chi connectivity index (χ4v) is 2.08. The van der Waals surface area contributed by atoms with E-state index in [0.717, 1.165) is 27.1 Å². The van der Waals surface area contributed by atoms with Gasteiger partial charge in [0.2, 0.25) is 0 Å². The van der Waals surface area contributed by atoms with E-state index in [2.05, 4.69) is 34.2 Å². The molecule has 2 aromatic carbocycles. The van der Waals surface area contributed by atoms with Crippen LogP contribution in [0.4, 0.5) is 17.1 Å². The highest BCUT2D eigenvalue weighted by atomic mass is 79.9. The topological polar surface area (TPSA) is 38.0 Å². The van der Waals surface area contributed by atoms with Crippen LogP contribution in [0.25, 0.3) is 0 Å². The van der Waals surface area contributed by atoms with Crippen molar-refractivity contribution in [2.45, 2.75) is 13.8 Å². The molecule has 88 valence electrons. The third-order valence-corrected chi connectivity index (χ3v) is 3.76. The molecule has 0 heterocycles. The van der Waals surface area contributed by atoms with E-state index >= 15 is 0 Å². The Labute approximate surface area is 110 Å². The van der Waals surface area contributed by atoms with Crippen molar-refractivity contribution >= 4 is 33.0 Å². The fraction of sp³-hybridized carbons (Fsp3) is 0.143. The Hall–Kier alpha value is -1.48. The molecular formula is C14H15BrN2. The summed E-state index contributed by atoms with van der Waals surface area (Å²) in [6.07, 6.45) is 0. The van der Waals surface area contributed by atoms with Crippen LogP contribution in [-0.4, -0.2) is 0 Å². The van der Waals surface area contributed by atoms with Gasteiger partial charge in [0.1, 0.15) is 0 Å². The maximum atomic E-state index is 5.74. The third kappa shape index (κ3) is 2.61. The van der Waals surface area contributed by atoms with Gasteiger partial charge in [0.25, 0.3) is 0 Å². The van der Waals surface area contributed by atoms with Crippen LogP contribution < -0.4 is 11.1 Å². The highest BCUT2D eigenvalue weighted by Crippen LogP contribution is 2.30. The molecule has 2 aromatic rings. The number of hydrogen-bond acceptors (Lipinski definition) is 2. The SMILES string of the molecule is Cc1cc(N)ccc1Nc1cccc(C)c1Br. The van der Waals surface area contributed by atoms with E-state index < -0.39 is 0 Å². The Morgan fingerprint density at radius 1 is 1.00 bits per heavy atom. The summed E-state index contributed by atoms with van der Waals surface area (Å²) in [7, 11) is 0. The molecule has 0 fully saturated rings. The summed E-state index contributed by atoms with van der Waals surface area (Å²) < 4.78 is 1.09. The predicted molar refractivity (Wildman–Crippen MR) is 77.8 cm³/mol. The predicted octanol–water partition coefficient (Wildman–Crippen LogP) is 4.39. The Balaban J connectivity index is 2.35. The van der Waals surface area contributed by atoms with Crippen molar-refractivity contribution in [1.82, 2.24) is 0 Å². The van der Waals surface area contributed by atoms with Gasteiger partial charge in [-0.3, -0.25) is 0 Å². The number of nitrogens with one attached hydrogen (secondary N) is 1. The second-order valence-electron chi connectivity index (χ2n) is 4.14. The maximum Gasteiger partial charge on any atom is 0.0531 e. The Morgan fingerprint density at radius 3 is 2.47 bits per heavy atom. The van der Waals surface area contributed by atoms with Crippen molar-refractivity contribution in [3.63, 3.8) is 0 Å². The van der Waals surface area contributed by atoms with E-state index in [1.54, 1.807) is 0 Å². The Morgan fingerprint density at radius 2 is 1.76 bits per heavy atom. The highest BCUT2D eigenvalue weighted by molar-refractivity contribution is 9.10. The lowest BCUT2D eigenvalue weighted by atomic mass is 10.1. The molecular weight excluding hydrogens is 276 g/mol. The smallest absolute Gasteiger partial charge is 0.0531 e.